The van der Waals surface area contributed by atoms with Crippen LogP contribution in [-0.4, -0.2) is 24.7 Å². The minimum atomic E-state index is 0.0355. The largest absolute Gasteiger partial charge is 0.371 e. The molecule has 0 heterocycles. The highest BCUT2D eigenvalue weighted by Crippen LogP contribution is 2.24. The molecule has 0 fully saturated rings. The van der Waals surface area contributed by atoms with Gasteiger partial charge in [0.15, 0.2) is 11.6 Å². The zero-order chi connectivity index (χ0) is 15.8. The third-order valence-corrected chi connectivity index (χ3v) is 3.79. The molecule has 1 rings (SSSR count). The fourth-order valence-electron chi connectivity index (χ4n) is 2.49. The topological polar surface area (TPSA) is 37.4 Å². The molecule has 1 aromatic carbocycles. The van der Waals surface area contributed by atoms with E-state index in [0.717, 1.165) is 25.2 Å². The summed E-state index contributed by atoms with van der Waals surface area (Å²) < 4.78 is 0. The molecule has 1 aromatic rings. The number of nitrogens with zero attached hydrogens (tertiary/aromatic N) is 1. The second kappa shape index (κ2) is 8.60. The van der Waals surface area contributed by atoms with E-state index in [2.05, 4.69) is 18.7 Å². The van der Waals surface area contributed by atoms with E-state index in [1.165, 1.54) is 19.3 Å². The molecule has 0 aliphatic carbocycles. The minimum absolute atomic E-state index is 0.0355. The van der Waals surface area contributed by atoms with Crippen LogP contribution in [0.3, 0.4) is 0 Å². The fraction of sp³-hybridized carbons (Fsp3) is 0.556. The Labute approximate surface area is 128 Å². The Kier molecular flexibility index (Phi) is 7.13. The van der Waals surface area contributed by atoms with Crippen molar-refractivity contribution < 1.29 is 9.59 Å². The highest BCUT2D eigenvalue weighted by atomic mass is 16.1. The standard InChI is InChI=1S/C18H27NO2/c1-5-7-8-9-12-19(6-2)18-13-16(14(3)20)10-11-17(18)15(4)21/h10-11,13H,5-9,12H2,1-4H3. The summed E-state index contributed by atoms with van der Waals surface area (Å²) in [7, 11) is 0. The summed E-state index contributed by atoms with van der Waals surface area (Å²) in [5, 5.41) is 0. The molecule has 0 saturated carbocycles. The first-order valence-electron chi connectivity index (χ1n) is 7.92. The summed E-state index contributed by atoms with van der Waals surface area (Å²) in [6, 6.07) is 5.39. The van der Waals surface area contributed by atoms with Gasteiger partial charge in [0.1, 0.15) is 0 Å². The van der Waals surface area contributed by atoms with E-state index in [-0.39, 0.29) is 11.6 Å². The molecule has 0 aliphatic heterocycles. The molecule has 0 saturated heterocycles. The molecule has 0 N–H and O–H groups in total. The average molecular weight is 289 g/mol. The third-order valence-electron chi connectivity index (χ3n) is 3.79. The van der Waals surface area contributed by atoms with Crippen molar-refractivity contribution in [1.29, 1.82) is 0 Å². The number of Topliss-reactive ketones (excluding diaryl/α,β-unsaturated/α-hetero) is 2. The van der Waals surface area contributed by atoms with Crippen LogP contribution in [0.5, 0.6) is 0 Å². The van der Waals surface area contributed by atoms with E-state index < -0.39 is 0 Å². The number of hydrogen-bond donors (Lipinski definition) is 0. The predicted molar refractivity (Wildman–Crippen MR) is 88.5 cm³/mol. The first-order chi connectivity index (χ1) is 10.0. The van der Waals surface area contributed by atoms with Gasteiger partial charge >= 0.3 is 0 Å². The normalized spacial score (nSPS) is 10.5. The SMILES string of the molecule is CCCCCCN(CC)c1cc(C(C)=O)ccc1C(C)=O. The van der Waals surface area contributed by atoms with Crippen molar-refractivity contribution in [3.8, 4) is 0 Å². The Morgan fingerprint density at radius 3 is 2.24 bits per heavy atom. The summed E-state index contributed by atoms with van der Waals surface area (Å²) >= 11 is 0. The Bertz CT molecular complexity index is 494. The Hall–Kier alpha value is -1.64. The Morgan fingerprint density at radius 1 is 1.00 bits per heavy atom. The second-order valence-corrected chi connectivity index (χ2v) is 5.48. The molecule has 0 bridgehead atoms. The van der Waals surface area contributed by atoms with E-state index in [4.69, 9.17) is 0 Å². The summed E-state index contributed by atoms with van der Waals surface area (Å²) in [6.45, 7) is 9.19. The average Bonchev–Trinajstić information content (AvgIpc) is 2.46. The lowest BCUT2D eigenvalue weighted by molar-refractivity contribution is 0.100. The first kappa shape index (κ1) is 17.4. The molecule has 21 heavy (non-hydrogen) atoms. The summed E-state index contributed by atoms with van der Waals surface area (Å²) in [4.78, 5) is 25.6. The molecular formula is C18H27NO2. The molecule has 0 radical (unpaired) electrons. The van der Waals surface area contributed by atoms with Crippen molar-refractivity contribution >= 4 is 17.3 Å². The van der Waals surface area contributed by atoms with Gasteiger partial charge in [-0.2, -0.15) is 0 Å². The zero-order valence-electron chi connectivity index (χ0n) is 13.7. The summed E-state index contributed by atoms with van der Waals surface area (Å²) in [5.41, 5.74) is 2.27. The van der Waals surface area contributed by atoms with Crippen LogP contribution in [0.2, 0.25) is 0 Å². The van der Waals surface area contributed by atoms with Gasteiger partial charge < -0.3 is 4.90 Å². The van der Waals surface area contributed by atoms with Crippen molar-refractivity contribution in [2.45, 2.75) is 53.4 Å². The number of carbonyl (C=O) groups excluding carboxylic acids is 2. The highest BCUT2D eigenvalue weighted by Gasteiger charge is 2.15. The molecular weight excluding hydrogens is 262 g/mol. The molecule has 116 valence electrons. The van der Waals surface area contributed by atoms with Crippen LogP contribution in [0, 0.1) is 0 Å². The van der Waals surface area contributed by atoms with Crippen LogP contribution in [0.25, 0.3) is 0 Å². The number of benzene rings is 1. The van der Waals surface area contributed by atoms with Gasteiger partial charge in [0, 0.05) is 29.9 Å². The molecule has 3 heteroatoms. The quantitative estimate of drug-likeness (QED) is 0.496. The van der Waals surface area contributed by atoms with Gasteiger partial charge in [0.2, 0.25) is 0 Å². The van der Waals surface area contributed by atoms with Crippen LogP contribution < -0.4 is 4.90 Å². The molecule has 3 nitrogen and oxygen atoms in total. The van der Waals surface area contributed by atoms with Gasteiger partial charge in [0.25, 0.3) is 0 Å². The second-order valence-electron chi connectivity index (χ2n) is 5.48. The lowest BCUT2D eigenvalue weighted by Gasteiger charge is -2.25. The van der Waals surface area contributed by atoms with Crippen LogP contribution >= 0.6 is 0 Å². The predicted octanol–water partition coefficient (Wildman–Crippen LogP) is 4.50. The number of hydrogen-bond acceptors (Lipinski definition) is 3. The number of anilines is 1. The summed E-state index contributed by atoms with van der Waals surface area (Å²) in [6.07, 6.45) is 4.77. The molecule has 0 unspecified atom stereocenters. The summed E-state index contributed by atoms with van der Waals surface area (Å²) in [5.74, 6) is 0.0838. The van der Waals surface area contributed by atoms with E-state index in [9.17, 15) is 9.59 Å². The van der Waals surface area contributed by atoms with Crippen LogP contribution in [0.15, 0.2) is 18.2 Å². The highest BCUT2D eigenvalue weighted by molar-refractivity contribution is 6.02. The van der Waals surface area contributed by atoms with Gasteiger partial charge in [-0.1, -0.05) is 32.3 Å². The van der Waals surface area contributed by atoms with E-state index in [1.54, 1.807) is 26.0 Å². The molecule has 0 atom stereocenters. The van der Waals surface area contributed by atoms with Crippen molar-refractivity contribution in [3.63, 3.8) is 0 Å². The Balaban J connectivity index is 3.01. The van der Waals surface area contributed by atoms with Gasteiger partial charge in [-0.3, -0.25) is 9.59 Å². The van der Waals surface area contributed by atoms with E-state index >= 15 is 0 Å². The third kappa shape index (κ3) is 5.00. The van der Waals surface area contributed by atoms with Gasteiger partial charge in [0.05, 0.1) is 0 Å². The lowest BCUT2D eigenvalue weighted by Crippen LogP contribution is -2.26. The fourth-order valence-corrected chi connectivity index (χ4v) is 2.49. The van der Waals surface area contributed by atoms with Gasteiger partial charge in [-0.05, 0) is 39.3 Å². The molecule has 0 amide bonds. The number of rotatable bonds is 9. The van der Waals surface area contributed by atoms with Crippen molar-refractivity contribution in [2.75, 3.05) is 18.0 Å². The minimum Gasteiger partial charge on any atom is -0.371 e. The monoisotopic (exact) mass is 289 g/mol. The van der Waals surface area contributed by atoms with Gasteiger partial charge in [-0.25, -0.2) is 0 Å². The number of ketones is 2. The van der Waals surface area contributed by atoms with Crippen LogP contribution in [-0.2, 0) is 0 Å². The number of carbonyl (C=O) groups is 2. The Morgan fingerprint density at radius 2 is 1.71 bits per heavy atom. The van der Waals surface area contributed by atoms with Crippen molar-refractivity contribution in [3.05, 3.63) is 29.3 Å². The van der Waals surface area contributed by atoms with Crippen LogP contribution in [0.4, 0.5) is 5.69 Å². The van der Waals surface area contributed by atoms with Crippen molar-refractivity contribution in [1.82, 2.24) is 0 Å². The number of unbranched alkanes of at least 4 members (excludes halogenated alkanes) is 3. The van der Waals surface area contributed by atoms with Crippen LogP contribution in [0.1, 0.15) is 74.1 Å². The molecule has 0 spiro atoms. The molecule has 0 aromatic heterocycles. The maximum atomic E-state index is 11.8. The zero-order valence-corrected chi connectivity index (χ0v) is 13.7. The maximum absolute atomic E-state index is 11.8. The lowest BCUT2D eigenvalue weighted by atomic mass is 10.0. The van der Waals surface area contributed by atoms with E-state index in [0.29, 0.717) is 11.1 Å². The maximum Gasteiger partial charge on any atom is 0.161 e. The van der Waals surface area contributed by atoms with E-state index in [1.807, 2.05) is 6.07 Å². The van der Waals surface area contributed by atoms with Gasteiger partial charge in [-0.15, -0.1) is 0 Å². The smallest absolute Gasteiger partial charge is 0.161 e. The molecule has 0 aliphatic rings. The van der Waals surface area contributed by atoms with Crippen molar-refractivity contribution in [2.24, 2.45) is 0 Å². The first-order valence-corrected chi connectivity index (χ1v) is 7.92.